The first-order valence-electron chi connectivity index (χ1n) is 9.47. The second-order valence-electron chi connectivity index (χ2n) is 6.92. The molecule has 1 heterocycles. The van der Waals surface area contributed by atoms with E-state index >= 15 is 0 Å². The van der Waals surface area contributed by atoms with Gasteiger partial charge in [0.15, 0.2) is 0 Å². The molecule has 9 heteroatoms. The molecular formula is C22H17Cl2N5O2. The molecule has 0 aliphatic heterocycles. The standard InChI is InChI=1S/C22H17Cl2N5O2/c1-2-3-10-22(13-26,14-4-6-15(23)7-5-14)17-9-8-16(11-18(17)24)29-21(31)27-20(30)19(12-25)28-29/h4-9,11H,2-3,10H2,1H3,(H,27,30,31). The Morgan fingerprint density at radius 2 is 1.84 bits per heavy atom. The van der Waals surface area contributed by atoms with Gasteiger partial charge in [0.25, 0.3) is 5.56 Å². The molecule has 1 atom stereocenters. The Labute approximate surface area is 188 Å². The molecule has 156 valence electrons. The van der Waals surface area contributed by atoms with E-state index in [1.807, 2.05) is 6.92 Å². The number of hydrogen-bond donors (Lipinski definition) is 1. The van der Waals surface area contributed by atoms with Crippen molar-refractivity contribution in [2.45, 2.75) is 31.6 Å². The molecule has 0 amide bonds. The summed E-state index contributed by atoms with van der Waals surface area (Å²) < 4.78 is 0.887. The Bertz CT molecular complexity index is 1320. The van der Waals surface area contributed by atoms with Gasteiger partial charge in [-0.3, -0.25) is 9.78 Å². The summed E-state index contributed by atoms with van der Waals surface area (Å²) in [6, 6.07) is 15.9. The molecule has 1 unspecified atom stereocenters. The van der Waals surface area contributed by atoms with Crippen LogP contribution in [-0.4, -0.2) is 14.8 Å². The van der Waals surface area contributed by atoms with E-state index in [9.17, 15) is 14.9 Å². The van der Waals surface area contributed by atoms with Crippen LogP contribution in [0, 0.1) is 22.7 Å². The van der Waals surface area contributed by atoms with Crippen molar-refractivity contribution in [3.05, 3.63) is 90.2 Å². The van der Waals surface area contributed by atoms with Gasteiger partial charge in [0, 0.05) is 10.0 Å². The highest BCUT2D eigenvalue weighted by molar-refractivity contribution is 6.32. The molecule has 0 fully saturated rings. The van der Waals surface area contributed by atoms with Crippen molar-refractivity contribution in [2.24, 2.45) is 0 Å². The third kappa shape index (κ3) is 4.25. The molecule has 0 saturated carbocycles. The van der Waals surface area contributed by atoms with Crippen LogP contribution in [0.5, 0.6) is 0 Å². The van der Waals surface area contributed by atoms with Crippen LogP contribution in [0.2, 0.25) is 10.0 Å². The zero-order valence-electron chi connectivity index (χ0n) is 16.5. The Kier molecular flexibility index (Phi) is 6.60. The predicted molar refractivity (Wildman–Crippen MR) is 118 cm³/mol. The lowest BCUT2D eigenvalue weighted by molar-refractivity contribution is 0.555. The SMILES string of the molecule is CCCCC(C#N)(c1ccc(Cl)cc1)c1ccc(-n2nc(C#N)c(=O)[nH]c2=O)cc1Cl. The van der Waals surface area contributed by atoms with Crippen LogP contribution < -0.4 is 11.2 Å². The van der Waals surface area contributed by atoms with Crippen molar-refractivity contribution in [1.29, 1.82) is 10.5 Å². The fourth-order valence-corrected chi connectivity index (χ4v) is 3.88. The summed E-state index contributed by atoms with van der Waals surface area (Å²) in [6.45, 7) is 2.04. The number of nitrogens with one attached hydrogen (secondary N) is 1. The smallest absolute Gasteiger partial charge is 0.270 e. The molecule has 1 aromatic heterocycles. The molecular weight excluding hydrogens is 437 g/mol. The summed E-state index contributed by atoms with van der Waals surface area (Å²) in [5.74, 6) is 0. The topological polar surface area (TPSA) is 115 Å². The Balaban J connectivity index is 2.18. The zero-order chi connectivity index (χ0) is 22.6. The van der Waals surface area contributed by atoms with Gasteiger partial charge in [0.05, 0.1) is 11.8 Å². The maximum absolute atomic E-state index is 12.2. The number of nitrogens with zero attached hydrogens (tertiary/aromatic N) is 4. The number of unbranched alkanes of at least 4 members (excludes halogenated alkanes) is 1. The fourth-order valence-electron chi connectivity index (χ4n) is 3.42. The van der Waals surface area contributed by atoms with E-state index in [2.05, 4.69) is 16.2 Å². The molecule has 31 heavy (non-hydrogen) atoms. The van der Waals surface area contributed by atoms with Crippen LogP contribution >= 0.6 is 23.2 Å². The number of halogens is 2. The van der Waals surface area contributed by atoms with Gasteiger partial charge in [0.1, 0.15) is 11.5 Å². The van der Waals surface area contributed by atoms with E-state index in [1.165, 1.54) is 6.07 Å². The highest BCUT2D eigenvalue weighted by Gasteiger charge is 2.36. The number of aromatic amines is 1. The molecule has 0 aliphatic carbocycles. The Hall–Kier alpha value is -3.39. The van der Waals surface area contributed by atoms with E-state index in [1.54, 1.807) is 42.5 Å². The highest BCUT2D eigenvalue weighted by Crippen LogP contribution is 2.41. The molecule has 3 rings (SSSR count). The quantitative estimate of drug-likeness (QED) is 0.602. The van der Waals surface area contributed by atoms with E-state index in [4.69, 9.17) is 28.5 Å². The number of hydrogen-bond acceptors (Lipinski definition) is 5. The van der Waals surface area contributed by atoms with Gasteiger partial charge >= 0.3 is 5.69 Å². The van der Waals surface area contributed by atoms with E-state index in [0.29, 0.717) is 17.0 Å². The average Bonchev–Trinajstić information content (AvgIpc) is 2.76. The predicted octanol–water partition coefficient (Wildman–Crippen LogP) is 4.10. The average molecular weight is 454 g/mol. The molecule has 0 bridgehead atoms. The maximum Gasteiger partial charge on any atom is 0.349 e. The lowest BCUT2D eigenvalue weighted by Crippen LogP contribution is -2.33. The third-order valence-electron chi connectivity index (χ3n) is 5.02. The Morgan fingerprint density at radius 3 is 2.42 bits per heavy atom. The minimum absolute atomic E-state index is 0.253. The van der Waals surface area contributed by atoms with Crippen molar-refractivity contribution in [1.82, 2.24) is 14.8 Å². The first-order chi connectivity index (χ1) is 14.9. The second kappa shape index (κ2) is 9.18. The number of benzene rings is 2. The van der Waals surface area contributed by atoms with Gasteiger partial charge in [-0.1, -0.05) is 61.2 Å². The van der Waals surface area contributed by atoms with Gasteiger partial charge in [-0.15, -0.1) is 5.10 Å². The first-order valence-corrected chi connectivity index (χ1v) is 10.2. The Morgan fingerprint density at radius 1 is 1.13 bits per heavy atom. The van der Waals surface area contributed by atoms with E-state index in [-0.39, 0.29) is 10.7 Å². The molecule has 0 spiro atoms. The van der Waals surface area contributed by atoms with Crippen LogP contribution in [0.15, 0.2) is 52.1 Å². The molecule has 1 N–H and O–H groups in total. The van der Waals surface area contributed by atoms with Crippen molar-refractivity contribution < 1.29 is 0 Å². The van der Waals surface area contributed by atoms with Gasteiger partial charge in [0.2, 0.25) is 5.69 Å². The van der Waals surface area contributed by atoms with Crippen LogP contribution in [0.3, 0.4) is 0 Å². The molecule has 0 aliphatic rings. The number of aromatic nitrogens is 3. The maximum atomic E-state index is 12.2. The normalized spacial score (nSPS) is 12.5. The number of H-pyrrole nitrogens is 1. The minimum Gasteiger partial charge on any atom is -0.270 e. The van der Waals surface area contributed by atoms with Crippen LogP contribution in [0.25, 0.3) is 5.69 Å². The van der Waals surface area contributed by atoms with E-state index in [0.717, 1.165) is 23.1 Å². The van der Waals surface area contributed by atoms with Crippen LogP contribution in [0.1, 0.15) is 43.0 Å². The van der Waals surface area contributed by atoms with Gasteiger partial charge < -0.3 is 0 Å². The van der Waals surface area contributed by atoms with Crippen molar-refractivity contribution in [3.63, 3.8) is 0 Å². The van der Waals surface area contributed by atoms with Crippen molar-refractivity contribution >= 4 is 23.2 Å². The third-order valence-corrected chi connectivity index (χ3v) is 5.59. The second-order valence-corrected chi connectivity index (χ2v) is 7.77. The summed E-state index contributed by atoms with van der Waals surface area (Å²) in [4.78, 5) is 25.8. The number of rotatable bonds is 6. The van der Waals surface area contributed by atoms with E-state index < -0.39 is 22.4 Å². The van der Waals surface area contributed by atoms with Crippen LogP contribution in [0.4, 0.5) is 0 Å². The summed E-state index contributed by atoms with van der Waals surface area (Å²) >= 11 is 12.6. The molecule has 0 saturated heterocycles. The zero-order valence-corrected chi connectivity index (χ0v) is 18.0. The summed E-state index contributed by atoms with van der Waals surface area (Å²) in [5.41, 5.74) is -1.54. The first kappa shape index (κ1) is 22.3. The summed E-state index contributed by atoms with van der Waals surface area (Å²) in [5, 5.41) is 23.9. The highest BCUT2D eigenvalue weighted by atomic mass is 35.5. The number of nitriles is 2. The molecule has 3 aromatic rings. The fraction of sp³-hybridized carbons (Fsp3) is 0.227. The molecule has 0 radical (unpaired) electrons. The van der Waals surface area contributed by atoms with Crippen LogP contribution in [-0.2, 0) is 5.41 Å². The summed E-state index contributed by atoms with van der Waals surface area (Å²) in [7, 11) is 0. The molecule has 2 aromatic carbocycles. The monoisotopic (exact) mass is 453 g/mol. The lowest BCUT2D eigenvalue weighted by Gasteiger charge is -2.29. The van der Waals surface area contributed by atoms with Gasteiger partial charge in [-0.25, -0.2) is 4.79 Å². The summed E-state index contributed by atoms with van der Waals surface area (Å²) in [6.07, 6.45) is 2.22. The van der Waals surface area contributed by atoms with Crippen molar-refractivity contribution in [2.75, 3.05) is 0 Å². The van der Waals surface area contributed by atoms with Crippen molar-refractivity contribution in [3.8, 4) is 17.8 Å². The van der Waals surface area contributed by atoms with Gasteiger partial charge in [-0.05, 0) is 41.8 Å². The molecule has 7 nitrogen and oxygen atoms in total. The van der Waals surface area contributed by atoms with Gasteiger partial charge in [-0.2, -0.15) is 15.2 Å². The lowest BCUT2D eigenvalue weighted by atomic mass is 9.72. The largest absolute Gasteiger partial charge is 0.349 e. The minimum atomic E-state index is -1.02.